The smallest absolute Gasteiger partial charge is 0.326 e. The number of carboxylic acid groups (broad SMARTS) is 2. The summed E-state index contributed by atoms with van der Waals surface area (Å²) in [4.78, 5) is 61.7. The van der Waals surface area contributed by atoms with Gasteiger partial charge in [-0.25, -0.2) is 4.79 Å². The molecule has 13 heteroatoms. The lowest BCUT2D eigenvalue weighted by molar-refractivity contribution is -0.144. The number of carbonyl (C=O) groups is 5. The van der Waals surface area contributed by atoms with Crippen LogP contribution in [0.15, 0.2) is 24.3 Å². The fourth-order valence-corrected chi connectivity index (χ4v) is 3.62. The molecule has 0 fully saturated rings. The fraction of sp³-hybridized carbons (Fsp3) is 0.560. The Kier molecular flexibility index (Phi) is 13.8. The number of phenols is 1. The van der Waals surface area contributed by atoms with E-state index in [-0.39, 0.29) is 24.5 Å². The molecule has 0 saturated carbocycles. The van der Waals surface area contributed by atoms with E-state index < -0.39 is 60.2 Å². The van der Waals surface area contributed by atoms with E-state index >= 15 is 0 Å². The van der Waals surface area contributed by atoms with E-state index in [9.17, 15) is 39.3 Å². The van der Waals surface area contributed by atoms with Crippen molar-refractivity contribution < 1.29 is 39.3 Å². The second kappa shape index (κ2) is 16.2. The Hall–Kier alpha value is -3.71. The van der Waals surface area contributed by atoms with Gasteiger partial charge in [0.1, 0.15) is 23.9 Å². The molecular weight excluding hydrogens is 498 g/mol. The maximum Gasteiger partial charge on any atom is 0.326 e. The molecule has 0 saturated heterocycles. The molecule has 212 valence electrons. The van der Waals surface area contributed by atoms with Gasteiger partial charge in [-0.2, -0.15) is 0 Å². The zero-order valence-corrected chi connectivity index (χ0v) is 21.7. The highest BCUT2D eigenvalue weighted by Crippen LogP contribution is 2.12. The first-order chi connectivity index (χ1) is 17.8. The Balaban J connectivity index is 3.11. The van der Waals surface area contributed by atoms with Gasteiger partial charge in [-0.05, 0) is 49.4 Å². The molecule has 0 aliphatic rings. The molecule has 1 aromatic carbocycles. The lowest BCUT2D eigenvalue weighted by atomic mass is 10.0. The molecule has 38 heavy (non-hydrogen) atoms. The maximum absolute atomic E-state index is 13.2. The number of carboxylic acids is 2. The first-order valence-electron chi connectivity index (χ1n) is 12.4. The Bertz CT molecular complexity index is 954. The van der Waals surface area contributed by atoms with Crippen molar-refractivity contribution in [3.63, 3.8) is 0 Å². The Morgan fingerprint density at radius 2 is 1.39 bits per heavy atom. The van der Waals surface area contributed by atoms with Crippen molar-refractivity contribution in [1.82, 2.24) is 16.0 Å². The maximum atomic E-state index is 13.2. The molecule has 0 radical (unpaired) electrons. The van der Waals surface area contributed by atoms with E-state index in [1.807, 2.05) is 0 Å². The normalized spacial score (nSPS) is 14.1. The van der Waals surface area contributed by atoms with Crippen molar-refractivity contribution >= 4 is 29.7 Å². The molecule has 0 spiro atoms. The molecule has 13 nitrogen and oxygen atoms in total. The number of amides is 3. The zero-order valence-electron chi connectivity index (χ0n) is 21.7. The minimum absolute atomic E-state index is 0.00621. The molecule has 10 N–H and O–H groups in total. The third kappa shape index (κ3) is 12.0. The Labute approximate surface area is 221 Å². The van der Waals surface area contributed by atoms with Crippen molar-refractivity contribution in [2.75, 3.05) is 6.54 Å². The van der Waals surface area contributed by atoms with Crippen LogP contribution in [0.1, 0.15) is 51.5 Å². The van der Waals surface area contributed by atoms with Gasteiger partial charge >= 0.3 is 11.9 Å². The number of unbranched alkanes of at least 4 members (excludes halogenated alkanes) is 1. The van der Waals surface area contributed by atoms with Gasteiger partial charge in [0.05, 0.1) is 12.5 Å². The molecule has 0 aromatic heterocycles. The molecule has 3 amide bonds. The predicted molar refractivity (Wildman–Crippen MR) is 138 cm³/mol. The number of nitrogens with two attached hydrogens (primary N) is 2. The van der Waals surface area contributed by atoms with Crippen molar-refractivity contribution in [2.45, 2.75) is 76.5 Å². The number of hydrogen-bond acceptors (Lipinski definition) is 8. The van der Waals surface area contributed by atoms with Crippen molar-refractivity contribution in [3.05, 3.63) is 29.8 Å². The van der Waals surface area contributed by atoms with Crippen molar-refractivity contribution in [1.29, 1.82) is 0 Å². The highest BCUT2D eigenvalue weighted by Gasteiger charge is 2.32. The summed E-state index contributed by atoms with van der Waals surface area (Å²) in [5.41, 5.74) is 12.0. The van der Waals surface area contributed by atoms with E-state index in [1.54, 1.807) is 13.8 Å². The van der Waals surface area contributed by atoms with Crippen LogP contribution in [0.25, 0.3) is 0 Å². The van der Waals surface area contributed by atoms with Gasteiger partial charge in [-0.15, -0.1) is 0 Å². The number of carbonyl (C=O) groups excluding carboxylic acids is 3. The summed E-state index contributed by atoms with van der Waals surface area (Å²) in [7, 11) is 0. The van der Waals surface area contributed by atoms with Crippen LogP contribution in [-0.2, 0) is 30.4 Å². The molecule has 0 aliphatic carbocycles. The second-order valence-corrected chi connectivity index (χ2v) is 9.51. The quantitative estimate of drug-likeness (QED) is 0.118. The number of benzene rings is 1. The number of rotatable bonds is 17. The molecule has 0 heterocycles. The van der Waals surface area contributed by atoms with E-state index in [0.29, 0.717) is 31.4 Å². The first-order valence-corrected chi connectivity index (χ1v) is 12.4. The van der Waals surface area contributed by atoms with Crippen LogP contribution in [0.2, 0.25) is 0 Å². The summed E-state index contributed by atoms with van der Waals surface area (Å²) in [6.45, 7) is 3.96. The van der Waals surface area contributed by atoms with Gasteiger partial charge in [-0.1, -0.05) is 32.4 Å². The first kappa shape index (κ1) is 32.3. The van der Waals surface area contributed by atoms with Crippen LogP contribution >= 0.6 is 0 Å². The number of phenolic OH excluding ortho intramolecular Hbond substituents is 1. The van der Waals surface area contributed by atoms with Crippen LogP contribution < -0.4 is 27.4 Å². The summed E-state index contributed by atoms with van der Waals surface area (Å²) in [6, 6.07) is 0.797. The van der Waals surface area contributed by atoms with Gasteiger partial charge in [0.2, 0.25) is 17.7 Å². The molecule has 4 unspecified atom stereocenters. The minimum atomic E-state index is -1.61. The van der Waals surface area contributed by atoms with Crippen LogP contribution in [0.5, 0.6) is 5.75 Å². The lowest BCUT2D eigenvalue weighted by Crippen LogP contribution is -2.58. The van der Waals surface area contributed by atoms with Crippen LogP contribution in [-0.4, -0.2) is 75.7 Å². The highest BCUT2D eigenvalue weighted by molar-refractivity contribution is 5.95. The lowest BCUT2D eigenvalue weighted by Gasteiger charge is -2.25. The summed E-state index contributed by atoms with van der Waals surface area (Å²) >= 11 is 0. The predicted octanol–water partition coefficient (Wildman–Crippen LogP) is -0.549. The summed E-state index contributed by atoms with van der Waals surface area (Å²) in [5.74, 6) is -5.25. The number of aliphatic carboxylic acids is 2. The van der Waals surface area contributed by atoms with Crippen LogP contribution in [0, 0.1) is 5.92 Å². The Morgan fingerprint density at radius 3 is 1.92 bits per heavy atom. The zero-order chi connectivity index (χ0) is 28.8. The van der Waals surface area contributed by atoms with Crippen LogP contribution in [0.4, 0.5) is 0 Å². The third-order valence-electron chi connectivity index (χ3n) is 5.65. The number of hydrogen-bond donors (Lipinski definition) is 8. The molecule has 4 atom stereocenters. The van der Waals surface area contributed by atoms with Gasteiger partial charge in [0.15, 0.2) is 0 Å². The molecule has 0 bridgehead atoms. The molecule has 1 rings (SSSR count). The fourth-order valence-electron chi connectivity index (χ4n) is 3.62. The third-order valence-corrected chi connectivity index (χ3v) is 5.65. The monoisotopic (exact) mass is 537 g/mol. The average molecular weight is 538 g/mol. The molecular formula is C25H39N5O8. The Morgan fingerprint density at radius 1 is 0.842 bits per heavy atom. The largest absolute Gasteiger partial charge is 0.508 e. The summed E-state index contributed by atoms with van der Waals surface area (Å²) in [6.07, 6.45) is 0.813. The van der Waals surface area contributed by atoms with Crippen molar-refractivity contribution in [3.8, 4) is 5.75 Å². The van der Waals surface area contributed by atoms with Crippen molar-refractivity contribution in [2.24, 2.45) is 17.4 Å². The molecule has 1 aromatic rings. The SMILES string of the molecule is CC(C)CC(NC(=O)C(CC(=O)O)NC(=O)C(Cc1ccc(O)cc1)NC(=O)C(N)CCCCN)C(=O)O. The van der Waals surface area contributed by atoms with Crippen LogP contribution in [0.3, 0.4) is 0 Å². The summed E-state index contributed by atoms with van der Waals surface area (Å²) in [5, 5.41) is 35.4. The molecule has 0 aliphatic heterocycles. The van der Waals surface area contributed by atoms with Gasteiger partial charge in [0.25, 0.3) is 0 Å². The topological polar surface area (TPSA) is 234 Å². The van der Waals surface area contributed by atoms with E-state index in [1.165, 1.54) is 24.3 Å². The second-order valence-electron chi connectivity index (χ2n) is 9.51. The number of nitrogens with one attached hydrogen (secondary N) is 3. The highest BCUT2D eigenvalue weighted by atomic mass is 16.4. The standard InChI is InChI=1S/C25H39N5O8/c1-14(2)11-20(25(37)38)30-24(36)19(13-21(32)33)29-23(35)18(12-15-6-8-16(31)9-7-15)28-22(34)17(27)5-3-4-10-26/h6-9,14,17-20,31H,3-5,10-13,26-27H2,1-2H3,(H,28,34)(H,29,35)(H,30,36)(H,32,33)(H,37,38). The van der Waals surface area contributed by atoms with Gasteiger partial charge in [-0.3, -0.25) is 19.2 Å². The van der Waals surface area contributed by atoms with E-state index in [4.69, 9.17) is 11.5 Å². The average Bonchev–Trinajstić information content (AvgIpc) is 2.83. The van der Waals surface area contributed by atoms with Gasteiger partial charge in [0, 0.05) is 6.42 Å². The minimum Gasteiger partial charge on any atom is -0.508 e. The summed E-state index contributed by atoms with van der Waals surface area (Å²) < 4.78 is 0. The van der Waals surface area contributed by atoms with E-state index in [2.05, 4.69) is 16.0 Å². The van der Waals surface area contributed by atoms with Gasteiger partial charge < -0.3 is 42.7 Å². The number of aromatic hydroxyl groups is 1. The van der Waals surface area contributed by atoms with E-state index in [0.717, 1.165) is 0 Å².